The van der Waals surface area contributed by atoms with Crippen LogP contribution in [-0.2, 0) is 13.0 Å². The lowest BCUT2D eigenvalue weighted by Gasteiger charge is -2.26. The SMILES string of the molecule is OCCc1ccc(CN2CCCCC2)c(F)c1. The zero-order valence-corrected chi connectivity index (χ0v) is 10.2. The molecule has 0 bridgehead atoms. The Bertz CT molecular complexity index is 361. The van der Waals surface area contributed by atoms with E-state index in [2.05, 4.69) is 4.90 Å². The van der Waals surface area contributed by atoms with Crippen molar-refractivity contribution in [3.05, 3.63) is 35.1 Å². The first kappa shape index (κ1) is 12.5. The summed E-state index contributed by atoms with van der Waals surface area (Å²) in [5.41, 5.74) is 1.64. The fraction of sp³-hybridized carbons (Fsp3) is 0.571. The molecule has 0 radical (unpaired) electrons. The maximum atomic E-state index is 13.8. The zero-order chi connectivity index (χ0) is 12.1. The van der Waals surface area contributed by atoms with Crippen molar-refractivity contribution in [2.45, 2.75) is 32.2 Å². The van der Waals surface area contributed by atoms with Crippen molar-refractivity contribution in [1.29, 1.82) is 0 Å². The summed E-state index contributed by atoms with van der Waals surface area (Å²) in [6, 6.07) is 5.32. The molecule has 1 aromatic rings. The molecule has 0 aromatic heterocycles. The second-order valence-corrected chi connectivity index (χ2v) is 4.74. The second kappa shape index (κ2) is 6.12. The number of hydrogen-bond donors (Lipinski definition) is 1. The maximum Gasteiger partial charge on any atom is 0.127 e. The van der Waals surface area contributed by atoms with Crippen molar-refractivity contribution < 1.29 is 9.50 Å². The average molecular weight is 237 g/mol. The molecular formula is C14H20FNO. The minimum atomic E-state index is -0.137. The van der Waals surface area contributed by atoms with E-state index in [1.165, 1.54) is 19.3 Å². The predicted octanol–water partition coefficient (Wildman–Crippen LogP) is 2.35. The molecule has 1 heterocycles. The third-order valence-electron chi connectivity index (χ3n) is 3.36. The van der Waals surface area contributed by atoms with Crippen LogP contribution < -0.4 is 0 Å². The minimum Gasteiger partial charge on any atom is -0.396 e. The fourth-order valence-electron chi connectivity index (χ4n) is 2.36. The zero-order valence-electron chi connectivity index (χ0n) is 10.2. The van der Waals surface area contributed by atoms with Gasteiger partial charge < -0.3 is 5.11 Å². The number of nitrogens with zero attached hydrogens (tertiary/aromatic N) is 1. The highest BCUT2D eigenvalue weighted by atomic mass is 19.1. The predicted molar refractivity (Wildman–Crippen MR) is 66.3 cm³/mol. The molecule has 1 saturated heterocycles. The summed E-state index contributed by atoms with van der Waals surface area (Å²) in [5, 5.41) is 8.81. The van der Waals surface area contributed by atoms with Crippen molar-refractivity contribution >= 4 is 0 Å². The van der Waals surface area contributed by atoms with Gasteiger partial charge in [0.05, 0.1) is 0 Å². The van der Waals surface area contributed by atoms with E-state index >= 15 is 0 Å². The van der Waals surface area contributed by atoms with Crippen LogP contribution in [0, 0.1) is 5.82 Å². The summed E-state index contributed by atoms with van der Waals surface area (Å²) in [7, 11) is 0. The molecular weight excluding hydrogens is 217 g/mol. The van der Waals surface area contributed by atoms with Gasteiger partial charge in [-0.25, -0.2) is 4.39 Å². The largest absolute Gasteiger partial charge is 0.396 e. The van der Waals surface area contributed by atoms with Crippen molar-refractivity contribution in [3.63, 3.8) is 0 Å². The Labute approximate surface area is 102 Å². The summed E-state index contributed by atoms with van der Waals surface area (Å²) < 4.78 is 13.8. The van der Waals surface area contributed by atoms with Crippen molar-refractivity contribution in [3.8, 4) is 0 Å². The van der Waals surface area contributed by atoms with Crippen LogP contribution in [0.4, 0.5) is 4.39 Å². The van der Waals surface area contributed by atoms with Gasteiger partial charge in [-0.3, -0.25) is 4.90 Å². The molecule has 1 aliphatic heterocycles. The van der Waals surface area contributed by atoms with E-state index < -0.39 is 0 Å². The molecule has 0 atom stereocenters. The van der Waals surface area contributed by atoms with Crippen molar-refractivity contribution in [2.75, 3.05) is 19.7 Å². The summed E-state index contributed by atoms with van der Waals surface area (Å²) in [5.74, 6) is -0.137. The molecule has 0 aliphatic carbocycles. The molecule has 0 amide bonds. The number of likely N-dealkylation sites (tertiary alicyclic amines) is 1. The molecule has 17 heavy (non-hydrogen) atoms. The van der Waals surface area contributed by atoms with Crippen LogP contribution in [-0.4, -0.2) is 29.7 Å². The topological polar surface area (TPSA) is 23.5 Å². The van der Waals surface area contributed by atoms with Gasteiger partial charge in [-0.2, -0.15) is 0 Å². The van der Waals surface area contributed by atoms with Crippen LogP contribution in [0.2, 0.25) is 0 Å². The Morgan fingerprint density at radius 2 is 1.94 bits per heavy atom. The highest BCUT2D eigenvalue weighted by Crippen LogP contribution is 2.16. The third kappa shape index (κ3) is 3.51. The van der Waals surface area contributed by atoms with Gasteiger partial charge in [0, 0.05) is 18.7 Å². The third-order valence-corrected chi connectivity index (χ3v) is 3.36. The van der Waals surface area contributed by atoms with Crippen LogP contribution in [0.5, 0.6) is 0 Å². The standard InChI is InChI=1S/C14H20FNO/c15-14-10-12(6-9-17)4-5-13(14)11-16-7-2-1-3-8-16/h4-5,10,17H,1-3,6-9,11H2. The Balaban J connectivity index is 2.00. The average Bonchev–Trinajstić information content (AvgIpc) is 2.34. The summed E-state index contributed by atoms with van der Waals surface area (Å²) in [6.45, 7) is 2.95. The summed E-state index contributed by atoms with van der Waals surface area (Å²) in [4.78, 5) is 2.31. The summed E-state index contributed by atoms with van der Waals surface area (Å²) >= 11 is 0. The molecule has 0 spiro atoms. The van der Waals surface area contributed by atoms with Gasteiger partial charge in [-0.1, -0.05) is 18.6 Å². The Kier molecular flexibility index (Phi) is 4.51. The Morgan fingerprint density at radius 3 is 2.59 bits per heavy atom. The van der Waals surface area contributed by atoms with Crippen LogP contribution in [0.3, 0.4) is 0 Å². The second-order valence-electron chi connectivity index (χ2n) is 4.74. The first-order valence-electron chi connectivity index (χ1n) is 6.40. The minimum absolute atomic E-state index is 0.0743. The quantitative estimate of drug-likeness (QED) is 0.869. The van der Waals surface area contributed by atoms with E-state index in [0.29, 0.717) is 13.0 Å². The molecule has 2 nitrogen and oxygen atoms in total. The number of benzene rings is 1. The van der Waals surface area contributed by atoms with Crippen LogP contribution in [0.25, 0.3) is 0 Å². The number of rotatable bonds is 4. The number of halogens is 1. The lowest BCUT2D eigenvalue weighted by atomic mass is 10.1. The van der Waals surface area contributed by atoms with Crippen LogP contribution >= 0.6 is 0 Å². The maximum absolute atomic E-state index is 13.8. The number of piperidine rings is 1. The molecule has 0 saturated carbocycles. The summed E-state index contributed by atoms with van der Waals surface area (Å²) in [6.07, 6.45) is 4.28. The van der Waals surface area contributed by atoms with E-state index in [1.54, 1.807) is 6.07 Å². The van der Waals surface area contributed by atoms with Gasteiger partial charge >= 0.3 is 0 Å². The van der Waals surface area contributed by atoms with Gasteiger partial charge in [0.25, 0.3) is 0 Å². The van der Waals surface area contributed by atoms with E-state index in [1.807, 2.05) is 12.1 Å². The lowest BCUT2D eigenvalue weighted by molar-refractivity contribution is 0.218. The molecule has 1 fully saturated rings. The normalized spacial score (nSPS) is 17.3. The highest BCUT2D eigenvalue weighted by Gasteiger charge is 2.12. The Morgan fingerprint density at radius 1 is 1.18 bits per heavy atom. The van der Waals surface area contributed by atoms with E-state index in [-0.39, 0.29) is 12.4 Å². The molecule has 1 aliphatic rings. The van der Waals surface area contributed by atoms with Crippen LogP contribution in [0.15, 0.2) is 18.2 Å². The smallest absolute Gasteiger partial charge is 0.127 e. The number of aliphatic hydroxyl groups is 1. The monoisotopic (exact) mass is 237 g/mol. The van der Waals surface area contributed by atoms with E-state index in [0.717, 1.165) is 24.2 Å². The van der Waals surface area contributed by atoms with Gasteiger partial charge in [0.1, 0.15) is 5.82 Å². The van der Waals surface area contributed by atoms with Crippen molar-refractivity contribution in [2.24, 2.45) is 0 Å². The van der Waals surface area contributed by atoms with Crippen molar-refractivity contribution in [1.82, 2.24) is 4.90 Å². The van der Waals surface area contributed by atoms with Gasteiger partial charge in [0.2, 0.25) is 0 Å². The highest BCUT2D eigenvalue weighted by molar-refractivity contribution is 5.24. The van der Waals surface area contributed by atoms with E-state index in [9.17, 15) is 4.39 Å². The molecule has 1 aromatic carbocycles. The van der Waals surface area contributed by atoms with Gasteiger partial charge in [-0.05, 0) is 44.0 Å². The molecule has 1 N–H and O–H groups in total. The molecule has 94 valence electrons. The number of aliphatic hydroxyl groups excluding tert-OH is 1. The Hall–Kier alpha value is -0.930. The molecule has 0 unspecified atom stereocenters. The first-order chi connectivity index (χ1) is 8.29. The van der Waals surface area contributed by atoms with Gasteiger partial charge in [-0.15, -0.1) is 0 Å². The number of hydrogen-bond acceptors (Lipinski definition) is 2. The molecule has 2 rings (SSSR count). The van der Waals surface area contributed by atoms with E-state index in [4.69, 9.17) is 5.11 Å². The fourth-order valence-corrected chi connectivity index (χ4v) is 2.36. The first-order valence-corrected chi connectivity index (χ1v) is 6.40. The molecule has 3 heteroatoms. The van der Waals surface area contributed by atoms with Crippen LogP contribution in [0.1, 0.15) is 30.4 Å². The van der Waals surface area contributed by atoms with Gasteiger partial charge in [0.15, 0.2) is 0 Å². The lowest BCUT2D eigenvalue weighted by Crippen LogP contribution is -2.29.